The summed E-state index contributed by atoms with van der Waals surface area (Å²) in [6, 6.07) is 3.42. The average molecular weight is 189 g/mol. The van der Waals surface area contributed by atoms with Gasteiger partial charge in [0.25, 0.3) is 5.91 Å². The van der Waals surface area contributed by atoms with E-state index in [4.69, 9.17) is 4.42 Å². The van der Waals surface area contributed by atoms with E-state index in [1.165, 1.54) is 6.26 Å². The number of carbonyl (C=O) groups is 1. The van der Waals surface area contributed by atoms with E-state index in [1.807, 2.05) is 0 Å². The lowest BCUT2D eigenvalue weighted by Gasteiger charge is -2.01. The molecule has 72 valence electrons. The highest BCUT2D eigenvalue weighted by Crippen LogP contribution is 1.99. The molecule has 13 heavy (non-hydrogen) atoms. The summed E-state index contributed by atoms with van der Waals surface area (Å²) in [6.07, 6.45) is -1.04. The van der Waals surface area contributed by atoms with Gasteiger partial charge >= 0.3 is 6.43 Å². The Morgan fingerprint density at radius 1 is 1.62 bits per heavy atom. The minimum atomic E-state index is -2.95. The number of halogens is 2. The molecule has 1 heterocycles. The zero-order chi connectivity index (χ0) is 9.68. The highest BCUT2D eigenvalue weighted by atomic mass is 19.3. The van der Waals surface area contributed by atoms with Crippen LogP contribution in [0, 0.1) is 0 Å². The van der Waals surface area contributed by atoms with Crippen LogP contribution in [-0.2, 0) is 11.2 Å². The first kappa shape index (κ1) is 9.70. The lowest BCUT2D eigenvalue weighted by atomic mass is 10.3. The third-order valence-corrected chi connectivity index (χ3v) is 1.45. The second-order valence-corrected chi connectivity index (χ2v) is 2.42. The van der Waals surface area contributed by atoms with Gasteiger partial charge in [-0.1, -0.05) is 0 Å². The summed E-state index contributed by atoms with van der Waals surface area (Å²) in [5, 5.41) is 2.07. The summed E-state index contributed by atoms with van der Waals surface area (Å²) in [6.45, 7) is 0.163. The summed E-state index contributed by atoms with van der Waals surface area (Å²) in [7, 11) is 0. The molecule has 0 atom stereocenters. The molecule has 1 aromatic heterocycles. The molecule has 0 saturated carbocycles. The summed E-state index contributed by atoms with van der Waals surface area (Å²) in [5.41, 5.74) is 0. The summed E-state index contributed by atoms with van der Waals surface area (Å²) >= 11 is 0. The van der Waals surface area contributed by atoms with Gasteiger partial charge in [-0.2, -0.15) is 8.78 Å². The summed E-state index contributed by atoms with van der Waals surface area (Å²) in [5.74, 6) is -0.582. The molecular weight excluding hydrogens is 180 g/mol. The number of nitrogens with one attached hydrogen (secondary N) is 1. The Kier molecular flexibility index (Phi) is 3.42. The van der Waals surface area contributed by atoms with E-state index in [-0.39, 0.29) is 6.54 Å². The Morgan fingerprint density at radius 2 is 2.38 bits per heavy atom. The van der Waals surface area contributed by atoms with Gasteiger partial charge in [0.1, 0.15) is 5.76 Å². The molecule has 0 bridgehead atoms. The van der Waals surface area contributed by atoms with E-state index in [2.05, 4.69) is 5.32 Å². The van der Waals surface area contributed by atoms with Crippen LogP contribution in [-0.4, -0.2) is 18.9 Å². The molecule has 0 aliphatic heterocycles. The smallest absolute Gasteiger partial charge is 0.315 e. The van der Waals surface area contributed by atoms with Crippen molar-refractivity contribution in [3.05, 3.63) is 24.2 Å². The Balaban J connectivity index is 2.18. The molecule has 0 unspecified atom stereocenters. The molecule has 1 rings (SSSR count). The predicted octanol–water partition coefficient (Wildman–Crippen LogP) is 1.20. The Morgan fingerprint density at radius 3 is 2.92 bits per heavy atom. The van der Waals surface area contributed by atoms with Crippen molar-refractivity contribution in [3.63, 3.8) is 0 Å². The third kappa shape index (κ3) is 3.23. The van der Waals surface area contributed by atoms with Gasteiger partial charge in [-0.3, -0.25) is 4.79 Å². The number of rotatable bonds is 4. The highest BCUT2D eigenvalue weighted by molar-refractivity contribution is 5.78. The Hall–Kier alpha value is -1.39. The molecule has 5 heteroatoms. The first-order chi connectivity index (χ1) is 6.20. The number of hydrogen-bond donors (Lipinski definition) is 1. The highest BCUT2D eigenvalue weighted by Gasteiger charge is 2.13. The molecule has 0 saturated heterocycles. The van der Waals surface area contributed by atoms with Crippen LogP contribution in [0.4, 0.5) is 8.78 Å². The van der Waals surface area contributed by atoms with Crippen LogP contribution in [0.2, 0.25) is 0 Å². The van der Waals surface area contributed by atoms with Crippen molar-refractivity contribution in [2.45, 2.75) is 12.8 Å². The van der Waals surface area contributed by atoms with Crippen LogP contribution in [0.15, 0.2) is 22.8 Å². The van der Waals surface area contributed by atoms with Crippen molar-refractivity contribution in [2.24, 2.45) is 0 Å². The topological polar surface area (TPSA) is 42.2 Å². The van der Waals surface area contributed by atoms with E-state index >= 15 is 0 Å². The second kappa shape index (κ2) is 4.59. The zero-order valence-corrected chi connectivity index (χ0v) is 6.80. The fraction of sp³-hybridized carbons (Fsp3) is 0.375. The number of alkyl halides is 2. The maximum absolute atomic E-state index is 11.7. The molecule has 0 aliphatic carbocycles. The summed E-state index contributed by atoms with van der Waals surface area (Å²) < 4.78 is 28.3. The molecule has 1 amide bonds. The van der Waals surface area contributed by atoms with Gasteiger partial charge in [-0.15, -0.1) is 0 Å². The molecule has 0 fully saturated rings. The van der Waals surface area contributed by atoms with Crippen LogP contribution in [0.3, 0.4) is 0 Å². The van der Waals surface area contributed by atoms with Gasteiger partial charge in [0.05, 0.1) is 6.26 Å². The van der Waals surface area contributed by atoms with Crippen molar-refractivity contribution in [1.29, 1.82) is 0 Å². The lowest BCUT2D eigenvalue weighted by molar-refractivity contribution is -0.131. The van der Waals surface area contributed by atoms with E-state index in [0.717, 1.165) is 0 Å². The van der Waals surface area contributed by atoms with E-state index in [9.17, 15) is 13.6 Å². The monoisotopic (exact) mass is 189 g/mol. The number of amides is 1. The van der Waals surface area contributed by atoms with Gasteiger partial charge in [-0.25, -0.2) is 0 Å². The van der Waals surface area contributed by atoms with Crippen LogP contribution in [0.5, 0.6) is 0 Å². The Labute approximate surface area is 73.7 Å². The quantitative estimate of drug-likeness (QED) is 0.773. The molecule has 1 N–H and O–H groups in total. The predicted molar refractivity (Wildman–Crippen MR) is 41.4 cm³/mol. The van der Waals surface area contributed by atoms with Gasteiger partial charge in [0.2, 0.25) is 0 Å². The fourth-order valence-electron chi connectivity index (χ4n) is 0.841. The van der Waals surface area contributed by atoms with Crippen LogP contribution < -0.4 is 5.32 Å². The fourth-order valence-corrected chi connectivity index (χ4v) is 0.841. The molecule has 0 aromatic carbocycles. The minimum absolute atomic E-state index is 0.163. The SMILES string of the molecule is O=C(NCCc1ccco1)C(F)F. The number of furan rings is 1. The summed E-state index contributed by atoms with van der Waals surface area (Å²) in [4.78, 5) is 10.4. The first-order valence-electron chi connectivity index (χ1n) is 3.78. The maximum atomic E-state index is 11.7. The van der Waals surface area contributed by atoms with E-state index in [1.54, 1.807) is 12.1 Å². The van der Waals surface area contributed by atoms with Crippen molar-refractivity contribution in [1.82, 2.24) is 5.32 Å². The Bertz CT molecular complexity index is 259. The normalized spacial score (nSPS) is 10.4. The van der Waals surface area contributed by atoms with Crippen molar-refractivity contribution >= 4 is 5.91 Å². The number of hydrogen-bond acceptors (Lipinski definition) is 2. The largest absolute Gasteiger partial charge is 0.469 e. The lowest BCUT2D eigenvalue weighted by Crippen LogP contribution is -2.31. The van der Waals surface area contributed by atoms with Crippen molar-refractivity contribution in [2.75, 3.05) is 6.54 Å². The molecule has 1 aromatic rings. The average Bonchev–Trinajstić information content (AvgIpc) is 2.56. The van der Waals surface area contributed by atoms with Gasteiger partial charge in [-0.05, 0) is 12.1 Å². The first-order valence-corrected chi connectivity index (χ1v) is 3.78. The maximum Gasteiger partial charge on any atom is 0.315 e. The van der Waals surface area contributed by atoms with Crippen molar-refractivity contribution < 1.29 is 18.0 Å². The molecule has 0 spiro atoms. The van der Waals surface area contributed by atoms with Crippen LogP contribution in [0.1, 0.15) is 5.76 Å². The van der Waals surface area contributed by atoms with Crippen LogP contribution >= 0.6 is 0 Å². The third-order valence-electron chi connectivity index (χ3n) is 1.45. The van der Waals surface area contributed by atoms with E-state index < -0.39 is 12.3 Å². The van der Waals surface area contributed by atoms with Crippen LogP contribution in [0.25, 0.3) is 0 Å². The van der Waals surface area contributed by atoms with Gasteiger partial charge < -0.3 is 9.73 Å². The number of carbonyl (C=O) groups excluding carboxylic acids is 1. The zero-order valence-electron chi connectivity index (χ0n) is 6.80. The van der Waals surface area contributed by atoms with Gasteiger partial charge in [0.15, 0.2) is 0 Å². The molecule has 0 radical (unpaired) electrons. The molecular formula is C8H9F2NO2. The molecule has 3 nitrogen and oxygen atoms in total. The van der Waals surface area contributed by atoms with E-state index in [0.29, 0.717) is 12.2 Å². The molecule has 0 aliphatic rings. The van der Waals surface area contributed by atoms with Crippen molar-refractivity contribution in [3.8, 4) is 0 Å². The minimum Gasteiger partial charge on any atom is -0.469 e. The second-order valence-electron chi connectivity index (χ2n) is 2.42. The van der Waals surface area contributed by atoms with Gasteiger partial charge in [0, 0.05) is 13.0 Å². The standard InChI is InChI=1S/C8H9F2NO2/c9-7(10)8(12)11-4-3-6-2-1-5-13-6/h1-2,5,7H,3-4H2,(H,11,12).